The highest BCUT2D eigenvalue weighted by molar-refractivity contribution is 6.08. The van der Waals surface area contributed by atoms with Gasteiger partial charge in [0.05, 0.1) is 18.9 Å². The lowest BCUT2D eigenvalue weighted by Gasteiger charge is -2.16. The van der Waals surface area contributed by atoms with E-state index < -0.39 is 29.8 Å². The van der Waals surface area contributed by atoms with Gasteiger partial charge in [0.15, 0.2) is 0 Å². The fraction of sp³-hybridized carbons (Fsp3) is 0.357. The summed E-state index contributed by atoms with van der Waals surface area (Å²) < 4.78 is 4.72. The van der Waals surface area contributed by atoms with E-state index in [4.69, 9.17) is 4.74 Å². The summed E-state index contributed by atoms with van der Waals surface area (Å²) in [6.45, 7) is 0. The van der Waals surface area contributed by atoms with Crippen molar-refractivity contribution in [2.24, 2.45) is 11.8 Å². The Bertz CT molecular complexity index is 572. The molecule has 3 rings (SSSR count). The van der Waals surface area contributed by atoms with Gasteiger partial charge in [-0.25, -0.2) is 0 Å². The molecule has 0 bridgehead atoms. The molecule has 0 radical (unpaired) electrons. The van der Waals surface area contributed by atoms with Gasteiger partial charge in [0.2, 0.25) is 11.8 Å². The summed E-state index contributed by atoms with van der Waals surface area (Å²) in [4.78, 5) is 35.7. The largest absolute Gasteiger partial charge is 0.468 e. The molecule has 0 aliphatic carbocycles. The molecule has 0 saturated carbocycles. The predicted octanol–water partition coefficient (Wildman–Crippen LogP) is -0.239. The monoisotopic (exact) mass is 274 g/mol. The van der Waals surface area contributed by atoms with Crippen LogP contribution in [0, 0.1) is 11.8 Å². The van der Waals surface area contributed by atoms with E-state index in [1.54, 1.807) is 0 Å². The third-order valence-electron chi connectivity index (χ3n) is 3.93. The molecule has 1 aromatic carbocycles. The number of rotatable bonds is 2. The van der Waals surface area contributed by atoms with Crippen LogP contribution in [0.5, 0.6) is 0 Å². The molecule has 6 nitrogen and oxygen atoms in total. The van der Waals surface area contributed by atoms with E-state index >= 15 is 0 Å². The maximum Gasteiger partial charge on any atom is 0.323 e. The number of carbonyl (C=O) groups excluding carboxylic acids is 3. The Hall–Kier alpha value is -2.21. The Morgan fingerprint density at radius 2 is 1.75 bits per heavy atom. The molecule has 1 aromatic rings. The Balaban J connectivity index is 1.99. The number of nitrogens with one attached hydrogen (secondary N) is 2. The Labute approximate surface area is 115 Å². The molecule has 0 aromatic heterocycles. The van der Waals surface area contributed by atoms with Gasteiger partial charge in [-0.2, -0.15) is 0 Å². The highest BCUT2D eigenvalue weighted by atomic mass is 16.5. The van der Waals surface area contributed by atoms with Crippen LogP contribution < -0.4 is 10.6 Å². The highest BCUT2D eigenvalue weighted by Crippen LogP contribution is 2.40. The molecule has 104 valence electrons. The van der Waals surface area contributed by atoms with E-state index in [1.165, 1.54) is 7.11 Å². The third-order valence-corrected chi connectivity index (χ3v) is 3.93. The lowest BCUT2D eigenvalue weighted by Crippen LogP contribution is -2.42. The van der Waals surface area contributed by atoms with Crippen LogP contribution in [0.1, 0.15) is 11.6 Å². The number of methoxy groups -OCH3 is 1. The van der Waals surface area contributed by atoms with Crippen LogP contribution in [0.4, 0.5) is 0 Å². The maximum atomic E-state index is 12.0. The Kier molecular flexibility index (Phi) is 3.02. The fourth-order valence-electron chi connectivity index (χ4n) is 3.04. The Morgan fingerprint density at radius 3 is 2.40 bits per heavy atom. The van der Waals surface area contributed by atoms with Gasteiger partial charge in [-0.05, 0) is 5.56 Å². The lowest BCUT2D eigenvalue weighted by atomic mass is 9.86. The summed E-state index contributed by atoms with van der Waals surface area (Å²) in [7, 11) is 1.27. The topological polar surface area (TPSA) is 84.5 Å². The normalized spacial score (nSPS) is 31.9. The average molecular weight is 274 g/mol. The van der Waals surface area contributed by atoms with Crippen molar-refractivity contribution in [3.63, 3.8) is 0 Å². The molecule has 2 amide bonds. The van der Waals surface area contributed by atoms with Crippen molar-refractivity contribution in [2.45, 2.75) is 12.1 Å². The first-order valence-corrected chi connectivity index (χ1v) is 6.37. The minimum absolute atomic E-state index is 0.340. The minimum Gasteiger partial charge on any atom is -0.468 e. The number of amides is 2. The van der Waals surface area contributed by atoms with E-state index in [0.717, 1.165) is 5.56 Å². The second-order valence-electron chi connectivity index (χ2n) is 4.96. The number of esters is 1. The first-order valence-electron chi connectivity index (χ1n) is 6.37. The van der Waals surface area contributed by atoms with Gasteiger partial charge in [-0.1, -0.05) is 30.3 Å². The summed E-state index contributed by atoms with van der Waals surface area (Å²) in [6.07, 6.45) is 0. The highest BCUT2D eigenvalue weighted by Gasteiger charge is 2.58. The summed E-state index contributed by atoms with van der Waals surface area (Å²) in [5.41, 5.74) is 0.874. The number of imide groups is 1. The molecule has 2 fully saturated rings. The number of benzene rings is 1. The van der Waals surface area contributed by atoms with Gasteiger partial charge in [0.1, 0.15) is 6.04 Å². The first kappa shape index (κ1) is 12.8. The standard InChI is InChI=1S/C14H14N2O4/c1-20-14(19)11-9-8(12(17)16-13(9)18)10(15-11)7-5-3-2-4-6-7/h2-6,8-11,15H,1H3,(H,16,17,18)/t8-,9+,10+,11+/m1/s1. The molecule has 0 unspecified atom stereocenters. The molecule has 6 heteroatoms. The van der Waals surface area contributed by atoms with Crippen LogP contribution in [0.3, 0.4) is 0 Å². The number of hydrogen-bond donors (Lipinski definition) is 2. The van der Waals surface area contributed by atoms with E-state index in [1.807, 2.05) is 30.3 Å². The number of fused-ring (bicyclic) bond motifs is 1. The summed E-state index contributed by atoms with van der Waals surface area (Å²) in [5, 5.41) is 5.37. The van der Waals surface area contributed by atoms with Gasteiger partial charge >= 0.3 is 5.97 Å². The van der Waals surface area contributed by atoms with E-state index in [9.17, 15) is 14.4 Å². The van der Waals surface area contributed by atoms with E-state index in [0.29, 0.717) is 0 Å². The first-order chi connectivity index (χ1) is 9.63. The maximum absolute atomic E-state index is 12.0. The van der Waals surface area contributed by atoms with Crippen molar-refractivity contribution in [1.82, 2.24) is 10.6 Å². The van der Waals surface area contributed by atoms with Gasteiger partial charge in [0.25, 0.3) is 0 Å². The van der Waals surface area contributed by atoms with Crippen molar-refractivity contribution >= 4 is 17.8 Å². The van der Waals surface area contributed by atoms with Crippen molar-refractivity contribution in [3.8, 4) is 0 Å². The molecule has 2 aliphatic heterocycles. The van der Waals surface area contributed by atoms with Crippen LogP contribution in [0.2, 0.25) is 0 Å². The molecule has 2 heterocycles. The fourth-order valence-corrected chi connectivity index (χ4v) is 3.04. The summed E-state index contributed by atoms with van der Waals surface area (Å²) in [6, 6.07) is 8.15. The second-order valence-corrected chi connectivity index (χ2v) is 4.96. The molecule has 2 aliphatic rings. The number of ether oxygens (including phenoxy) is 1. The average Bonchev–Trinajstić information content (AvgIpc) is 2.99. The van der Waals surface area contributed by atoms with Crippen LogP contribution in [-0.4, -0.2) is 30.9 Å². The molecule has 2 N–H and O–H groups in total. The summed E-state index contributed by atoms with van der Waals surface area (Å²) in [5.74, 6) is -2.56. The number of hydrogen-bond acceptors (Lipinski definition) is 5. The zero-order valence-electron chi connectivity index (χ0n) is 10.8. The van der Waals surface area contributed by atoms with Gasteiger partial charge in [0, 0.05) is 6.04 Å². The molecule has 4 atom stereocenters. The molecule has 20 heavy (non-hydrogen) atoms. The van der Waals surface area contributed by atoms with Crippen LogP contribution in [-0.2, 0) is 19.1 Å². The number of carbonyl (C=O) groups is 3. The van der Waals surface area contributed by atoms with Gasteiger partial charge in [-0.3, -0.25) is 25.0 Å². The van der Waals surface area contributed by atoms with Crippen molar-refractivity contribution < 1.29 is 19.1 Å². The SMILES string of the molecule is COC(=O)[C@H]1N[C@@H](c2ccccc2)[C@@H]2C(=O)NC(=O)[C@@H]21. The smallest absolute Gasteiger partial charge is 0.323 e. The van der Waals surface area contributed by atoms with Crippen LogP contribution >= 0.6 is 0 Å². The van der Waals surface area contributed by atoms with Crippen LogP contribution in [0.25, 0.3) is 0 Å². The van der Waals surface area contributed by atoms with Crippen molar-refractivity contribution in [2.75, 3.05) is 7.11 Å². The molecule has 2 saturated heterocycles. The molecular formula is C14H14N2O4. The molecular weight excluding hydrogens is 260 g/mol. The zero-order chi connectivity index (χ0) is 14.3. The predicted molar refractivity (Wildman–Crippen MR) is 68.3 cm³/mol. The quantitative estimate of drug-likeness (QED) is 0.574. The van der Waals surface area contributed by atoms with E-state index in [2.05, 4.69) is 10.6 Å². The van der Waals surface area contributed by atoms with Crippen LogP contribution in [0.15, 0.2) is 30.3 Å². The Morgan fingerprint density at radius 1 is 1.10 bits per heavy atom. The minimum atomic E-state index is -0.790. The van der Waals surface area contributed by atoms with Gasteiger partial charge in [-0.15, -0.1) is 0 Å². The third kappa shape index (κ3) is 1.80. The lowest BCUT2D eigenvalue weighted by molar-refractivity contribution is -0.145. The zero-order valence-corrected chi connectivity index (χ0v) is 10.8. The van der Waals surface area contributed by atoms with Gasteiger partial charge < -0.3 is 4.74 Å². The summed E-state index contributed by atoms with van der Waals surface area (Å²) >= 11 is 0. The second kappa shape index (κ2) is 4.72. The van der Waals surface area contributed by atoms with E-state index in [-0.39, 0.29) is 11.9 Å². The molecule has 0 spiro atoms. The van der Waals surface area contributed by atoms with Crippen molar-refractivity contribution in [3.05, 3.63) is 35.9 Å². The van der Waals surface area contributed by atoms with Crippen molar-refractivity contribution in [1.29, 1.82) is 0 Å².